The predicted molar refractivity (Wildman–Crippen MR) is 129 cm³/mol. The standard InChI is InChI=1S/C26H29N7/c1-3-13-32(22-9-4-7-20-8-6-12-28-26(20)22)19-21-23(18-27)33-24(29-21)10-5-11-25(33)31-16-14-30(2)15-17-31/h5-6,8,10-12,22H,4,7,9,14-17,19H2,1-2H3/t22-/m0/s1. The van der Waals surface area contributed by atoms with E-state index in [1.807, 2.05) is 35.7 Å². The number of hydrogen-bond acceptors (Lipinski definition) is 6. The third kappa shape index (κ3) is 4.01. The molecule has 3 aromatic heterocycles. The van der Waals surface area contributed by atoms with E-state index in [1.165, 1.54) is 5.56 Å². The van der Waals surface area contributed by atoms with Crippen LogP contribution in [0.3, 0.4) is 0 Å². The van der Waals surface area contributed by atoms with E-state index >= 15 is 0 Å². The Morgan fingerprint density at radius 1 is 1.15 bits per heavy atom. The quantitative estimate of drug-likeness (QED) is 0.460. The Morgan fingerprint density at radius 2 is 2.00 bits per heavy atom. The molecule has 168 valence electrons. The monoisotopic (exact) mass is 439 g/mol. The summed E-state index contributed by atoms with van der Waals surface area (Å²) >= 11 is 0. The van der Waals surface area contributed by atoms with Crippen molar-refractivity contribution in [3.63, 3.8) is 0 Å². The lowest BCUT2D eigenvalue weighted by Crippen LogP contribution is -2.45. The second-order valence-electron chi connectivity index (χ2n) is 8.83. The summed E-state index contributed by atoms with van der Waals surface area (Å²) in [6, 6.07) is 16.1. The molecule has 7 heteroatoms. The minimum Gasteiger partial charge on any atom is -0.355 e. The van der Waals surface area contributed by atoms with Gasteiger partial charge in [-0.05, 0) is 57.0 Å². The number of aromatic nitrogens is 3. The molecule has 33 heavy (non-hydrogen) atoms. The van der Waals surface area contributed by atoms with Crippen molar-refractivity contribution in [1.29, 1.82) is 5.26 Å². The molecule has 0 saturated carbocycles. The number of likely N-dealkylation sites (N-methyl/N-ethyl adjacent to an activating group) is 1. The van der Waals surface area contributed by atoms with Gasteiger partial charge < -0.3 is 14.7 Å². The minimum atomic E-state index is 0.107. The van der Waals surface area contributed by atoms with Crippen LogP contribution in [0.5, 0.6) is 0 Å². The van der Waals surface area contributed by atoms with Gasteiger partial charge in [-0.1, -0.05) is 18.1 Å². The average molecular weight is 440 g/mol. The fourth-order valence-electron chi connectivity index (χ4n) is 5.05. The highest BCUT2D eigenvalue weighted by molar-refractivity contribution is 5.57. The fourth-order valence-corrected chi connectivity index (χ4v) is 5.05. The molecule has 0 radical (unpaired) electrons. The lowest BCUT2D eigenvalue weighted by atomic mass is 9.91. The molecule has 5 rings (SSSR count). The molecule has 0 bridgehead atoms. The number of fused-ring (bicyclic) bond motifs is 2. The highest BCUT2D eigenvalue weighted by Gasteiger charge is 2.28. The number of rotatable bonds is 4. The van der Waals surface area contributed by atoms with E-state index in [-0.39, 0.29) is 6.04 Å². The molecular formula is C26H29N7. The molecule has 0 N–H and O–H groups in total. The summed E-state index contributed by atoms with van der Waals surface area (Å²) in [6.45, 7) is 6.24. The van der Waals surface area contributed by atoms with Gasteiger partial charge in [-0.15, -0.1) is 0 Å². The second kappa shape index (κ2) is 9.13. The van der Waals surface area contributed by atoms with Gasteiger partial charge in [-0.2, -0.15) is 5.26 Å². The van der Waals surface area contributed by atoms with E-state index in [4.69, 9.17) is 9.97 Å². The Bertz CT molecular complexity index is 1250. The average Bonchev–Trinajstić information content (AvgIpc) is 3.21. The molecule has 0 unspecified atom stereocenters. The Kier molecular flexibility index (Phi) is 5.90. The number of anilines is 1. The maximum Gasteiger partial charge on any atom is 0.151 e. The van der Waals surface area contributed by atoms with Crippen LogP contribution in [0.1, 0.15) is 48.5 Å². The van der Waals surface area contributed by atoms with Crippen molar-refractivity contribution in [3.8, 4) is 18.0 Å². The molecule has 1 fully saturated rings. The van der Waals surface area contributed by atoms with Crippen molar-refractivity contribution < 1.29 is 0 Å². The first-order valence-electron chi connectivity index (χ1n) is 11.7. The van der Waals surface area contributed by atoms with Crippen molar-refractivity contribution >= 4 is 11.5 Å². The third-order valence-electron chi connectivity index (χ3n) is 6.75. The van der Waals surface area contributed by atoms with Gasteiger partial charge in [0.15, 0.2) is 5.69 Å². The van der Waals surface area contributed by atoms with Gasteiger partial charge in [0, 0.05) is 38.4 Å². The smallest absolute Gasteiger partial charge is 0.151 e. The molecular weight excluding hydrogens is 410 g/mol. The first-order valence-corrected chi connectivity index (χ1v) is 11.7. The molecule has 1 aliphatic carbocycles. The summed E-state index contributed by atoms with van der Waals surface area (Å²) in [7, 11) is 2.15. The topological polar surface area (TPSA) is 63.7 Å². The first-order chi connectivity index (χ1) is 16.2. The van der Waals surface area contributed by atoms with E-state index in [2.05, 4.69) is 51.9 Å². The number of imidazole rings is 1. The fraction of sp³-hybridized carbons (Fsp3) is 0.423. The van der Waals surface area contributed by atoms with Crippen LogP contribution in [-0.2, 0) is 13.0 Å². The summed E-state index contributed by atoms with van der Waals surface area (Å²) in [4.78, 5) is 16.4. The summed E-state index contributed by atoms with van der Waals surface area (Å²) in [5.74, 6) is 4.11. The van der Waals surface area contributed by atoms with Crippen molar-refractivity contribution in [2.45, 2.75) is 38.8 Å². The molecule has 0 amide bonds. The molecule has 3 aromatic rings. The first kappa shape index (κ1) is 21.3. The van der Waals surface area contributed by atoms with Gasteiger partial charge in [-0.3, -0.25) is 9.38 Å². The molecule has 4 heterocycles. The van der Waals surface area contributed by atoms with E-state index in [0.29, 0.717) is 12.2 Å². The second-order valence-corrected chi connectivity index (χ2v) is 8.83. The van der Waals surface area contributed by atoms with E-state index in [9.17, 15) is 5.26 Å². The predicted octanol–water partition coefficient (Wildman–Crippen LogP) is 3.21. The highest BCUT2D eigenvalue weighted by atomic mass is 15.3. The lowest BCUT2D eigenvalue weighted by Gasteiger charge is -2.34. The largest absolute Gasteiger partial charge is 0.355 e. The Balaban J connectivity index is 1.53. The van der Waals surface area contributed by atoms with Crippen molar-refractivity contribution in [3.05, 3.63) is 59.2 Å². The van der Waals surface area contributed by atoms with E-state index < -0.39 is 0 Å². The summed E-state index contributed by atoms with van der Waals surface area (Å²) < 4.78 is 2.02. The Labute approximate surface area is 195 Å². The van der Waals surface area contributed by atoms with Crippen LogP contribution in [0.15, 0.2) is 36.5 Å². The van der Waals surface area contributed by atoms with Crippen LogP contribution >= 0.6 is 0 Å². The van der Waals surface area contributed by atoms with Crippen molar-refractivity contribution in [2.24, 2.45) is 0 Å². The SMILES string of the molecule is CC#CN(Cc1nc2cccc(N3CCN(C)CC3)n2c1C#N)[C@H]1CCCc2cccnc21. The van der Waals surface area contributed by atoms with Gasteiger partial charge in [-0.25, -0.2) is 4.98 Å². The Morgan fingerprint density at radius 3 is 2.79 bits per heavy atom. The minimum absolute atomic E-state index is 0.107. The molecule has 0 spiro atoms. The van der Waals surface area contributed by atoms with Gasteiger partial charge in [0.25, 0.3) is 0 Å². The van der Waals surface area contributed by atoms with Crippen LogP contribution < -0.4 is 4.90 Å². The number of hydrogen-bond donors (Lipinski definition) is 0. The van der Waals surface area contributed by atoms with Crippen LogP contribution in [0.2, 0.25) is 0 Å². The normalized spacial score (nSPS) is 18.3. The molecule has 1 aliphatic heterocycles. The molecule has 7 nitrogen and oxygen atoms in total. The van der Waals surface area contributed by atoms with Crippen LogP contribution in [0.4, 0.5) is 5.82 Å². The molecule has 1 saturated heterocycles. The maximum atomic E-state index is 10.2. The van der Waals surface area contributed by atoms with Gasteiger partial charge in [0.2, 0.25) is 0 Å². The zero-order chi connectivity index (χ0) is 22.8. The van der Waals surface area contributed by atoms with Crippen LogP contribution in [-0.4, -0.2) is 57.4 Å². The summed E-state index contributed by atoms with van der Waals surface area (Å²) in [5, 5.41) is 10.2. The number of pyridine rings is 2. The maximum absolute atomic E-state index is 10.2. The van der Waals surface area contributed by atoms with Crippen LogP contribution in [0.25, 0.3) is 5.65 Å². The van der Waals surface area contributed by atoms with Gasteiger partial charge >= 0.3 is 0 Å². The van der Waals surface area contributed by atoms with E-state index in [0.717, 1.165) is 68.3 Å². The third-order valence-corrected chi connectivity index (χ3v) is 6.75. The number of aryl methyl sites for hydroxylation is 1. The van der Waals surface area contributed by atoms with Gasteiger partial charge in [0.05, 0.1) is 24.0 Å². The number of nitrogens with zero attached hydrogens (tertiary/aromatic N) is 7. The molecule has 2 aliphatic rings. The highest BCUT2D eigenvalue weighted by Crippen LogP contribution is 2.34. The van der Waals surface area contributed by atoms with Crippen LogP contribution in [0, 0.1) is 23.3 Å². The summed E-state index contributed by atoms with van der Waals surface area (Å²) in [5.41, 5.74) is 4.57. The van der Waals surface area contributed by atoms with Crippen molar-refractivity contribution in [2.75, 3.05) is 38.1 Å². The molecule has 1 atom stereocenters. The number of piperazine rings is 1. The lowest BCUT2D eigenvalue weighted by molar-refractivity contribution is 0.253. The van der Waals surface area contributed by atoms with E-state index in [1.54, 1.807) is 0 Å². The summed E-state index contributed by atoms with van der Waals surface area (Å²) in [6.07, 6.45) is 5.03. The molecule has 0 aromatic carbocycles. The number of nitriles is 1. The zero-order valence-corrected chi connectivity index (χ0v) is 19.3. The van der Waals surface area contributed by atoms with Gasteiger partial charge in [0.1, 0.15) is 17.5 Å². The zero-order valence-electron chi connectivity index (χ0n) is 19.3. The Hall–Kier alpha value is -3.55. The van der Waals surface area contributed by atoms with Crippen molar-refractivity contribution in [1.82, 2.24) is 24.2 Å².